The Labute approximate surface area is 130 Å². The topological polar surface area (TPSA) is 24.1 Å². The molecule has 2 nitrogen and oxygen atoms in total. The molecule has 0 aliphatic carbocycles. The smallest absolute Gasteiger partial charge is 0.0612 e. The number of anilines is 2. The van der Waals surface area contributed by atoms with E-state index in [-0.39, 0.29) is 0 Å². The first-order chi connectivity index (χ1) is 9.54. The van der Waals surface area contributed by atoms with E-state index in [2.05, 4.69) is 42.7 Å². The van der Waals surface area contributed by atoms with Crippen LogP contribution in [-0.4, -0.2) is 13.1 Å². The fourth-order valence-corrected chi connectivity index (χ4v) is 2.39. The van der Waals surface area contributed by atoms with Gasteiger partial charge in [-0.3, -0.25) is 0 Å². The molecule has 0 saturated carbocycles. The van der Waals surface area contributed by atoms with Crippen molar-refractivity contribution in [1.29, 1.82) is 0 Å². The second-order valence-corrected chi connectivity index (χ2v) is 5.67. The van der Waals surface area contributed by atoms with Crippen LogP contribution in [0.4, 0.5) is 11.4 Å². The van der Waals surface area contributed by atoms with Crippen molar-refractivity contribution in [2.75, 3.05) is 23.7 Å². The van der Waals surface area contributed by atoms with Gasteiger partial charge in [0.15, 0.2) is 0 Å². The quantitative estimate of drug-likeness (QED) is 0.748. The Kier molecular flexibility index (Phi) is 5.16. The average Bonchev–Trinajstić information content (AvgIpc) is 2.38. The van der Waals surface area contributed by atoms with Crippen LogP contribution in [0.2, 0.25) is 10.0 Å². The minimum absolute atomic E-state index is 0.568. The summed E-state index contributed by atoms with van der Waals surface area (Å²) in [6.45, 7) is 5.85. The van der Waals surface area contributed by atoms with Crippen molar-refractivity contribution in [1.82, 2.24) is 0 Å². The first-order valence-electron chi connectivity index (χ1n) is 6.56. The minimum Gasteiger partial charge on any atom is -0.383 e. The Morgan fingerprint density at radius 3 is 1.95 bits per heavy atom. The second kappa shape index (κ2) is 6.87. The van der Waals surface area contributed by atoms with Crippen LogP contribution in [0.3, 0.4) is 0 Å². The van der Waals surface area contributed by atoms with Gasteiger partial charge in [-0.15, -0.1) is 0 Å². The molecule has 0 unspecified atom stereocenters. The van der Waals surface area contributed by atoms with Gasteiger partial charge in [-0.05, 0) is 55.3 Å². The van der Waals surface area contributed by atoms with Crippen LogP contribution >= 0.6 is 23.2 Å². The maximum atomic E-state index is 5.97. The molecule has 0 radical (unpaired) electrons. The Bertz CT molecular complexity index is 577. The molecule has 0 heterocycles. The molecule has 0 aliphatic rings. The van der Waals surface area contributed by atoms with Crippen molar-refractivity contribution in [3.8, 4) is 0 Å². The zero-order chi connectivity index (χ0) is 14.5. The van der Waals surface area contributed by atoms with Gasteiger partial charge in [-0.2, -0.15) is 0 Å². The Morgan fingerprint density at radius 2 is 1.35 bits per heavy atom. The van der Waals surface area contributed by atoms with E-state index >= 15 is 0 Å². The molecule has 0 saturated heterocycles. The normalized spacial score (nSPS) is 10.4. The van der Waals surface area contributed by atoms with Gasteiger partial charge in [0.05, 0.1) is 10.0 Å². The zero-order valence-corrected chi connectivity index (χ0v) is 13.1. The maximum absolute atomic E-state index is 5.97. The largest absolute Gasteiger partial charge is 0.383 e. The third-order valence-corrected chi connectivity index (χ3v) is 3.66. The van der Waals surface area contributed by atoms with Crippen LogP contribution in [0, 0.1) is 13.8 Å². The van der Waals surface area contributed by atoms with E-state index in [9.17, 15) is 0 Å². The molecular formula is C16H18Cl2N2. The summed E-state index contributed by atoms with van der Waals surface area (Å²) in [5.41, 5.74) is 4.66. The third-order valence-electron chi connectivity index (χ3n) is 2.92. The highest BCUT2D eigenvalue weighted by atomic mass is 35.5. The van der Waals surface area contributed by atoms with Crippen molar-refractivity contribution in [2.24, 2.45) is 0 Å². The molecule has 0 aromatic heterocycles. The molecule has 2 aromatic rings. The second-order valence-electron chi connectivity index (χ2n) is 4.86. The number of hydrogen-bond donors (Lipinski definition) is 2. The number of benzene rings is 2. The van der Waals surface area contributed by atoms with Crippen molar-refractivity contribution in [2.45, 2.75) is 13.8 Å². The molecule has 0 amide bonds. The average molecular weight is 309 g/mol. The molecule has 2 aromatic carbocycles. The Balaban J connectivity index is 1.82. The van der Waals surface area contributed by atoms with Gasteiger partial charge < -0.3 is 10.6 Å². The van der Waals surface area contributed by atoms with Gasteiger partial charge in [0.25, 0.3) is 0 Å². The van der Waals surface area contributed by atoms with Gasteiger partial charge >= 0.3 is 0 Å². The van der Waals surface area contributed by atoms with Gasteiger partial charge in [0.1, 0.15) is 0 Å². The number of halogens is 2. The van der Waals surface area contributed by atoms with Crippen LogP contribution in [0.15, 0.2) is 36.4 Å². The van der Waals surface area contributed by atoms with Crippen molar-refractivity contribution in [3.63, 3.8) is 0 Å². The van der Waals surface area contributed by atoms with E-state index in [1.807, 2.05) is 12.1 Å². The molecular weight excluding hydrogens is 291 g/mol. The lowest BCUT2D eigenvalue weighted by Crippen LogP contribution is -2.13. The molecule has 2 N–H and O–H groups in total. The zero-order valence-electron chi connectivity index (χ0n) is 11.6. The lowest BCUT2D eigenvalue weighted by Gasteiger charge is -2.11. The number of hydrogen-bond acceptors (Lipinski definition) is 2. The highest BCUT2D eigenvalue weighted by molar-refractivity contribution is 6.42. The highest BCUT2D eigenvalue weighted by Crippen LogP contribution is 2.24. The molecule has 106 valence electrons. The first kappa shape index (κ1) is 15.0. The van der Waals surface area contributed by atoms with Crippen LogP contribution in [0.25, 0.3) is 0 Å². The van der Waals surface area contributed by atoms with Gasteiger partial charge in [0.2, 0.25) is 0 Å². The van der Waals surface area contributed by atoms with E-state index in [1.165, 1.54) is 11.1 Å². The van der Waals surface area contributed by atoms with E-state index < -0.39 is 0 Å². The summed E-state index contributed by atoms with van der Waals surface area (Å²) in [4.78, 5) is 0. The van der Waals surface area contributed by atoms with Crippen LogP contribution in [-0.2, 0) is 0 Å². The Hall–Kier alpha value is -1.38. The monoisotopic (exact) mass is 308 g/mol. The lowest BCUT2D eigenvalue weighted by atomic mass is 10.1. The summed E-state index contributed by atoms with van der Waals surface area (Å²) < 4.78 is 0. The third kappa shape index (κ3) is 4.32. The molecule has 2 rings (SSSR count). The SMILES string of the molecule is Cc1cc(C)cc(NCCNc2ccc(Cl)c(Cl)c2)c1. The molecule has 0 fully saturated rings. The molecule has 0 atom stereocenters. The van der Waals surface area contributed by atoms with E-state index in [4.69, 9.17) is 23.2 Å². The highest BCUT2D eigenvalue weighted by Gasteiger charge is 1.99. The van der Waals surface area contributed by atoms with Crippen molar-refractivity contribution < 1.29 is 0 Å². The van der Waals surface area contributed by atoms with Gasteiger partial charge in [0, 0.05) is 24.5 Å². The summed E-state index contributed by atoms with van der Waals surface area (Å²) in [6.07, 6.45) is 0. The van der Waals surface area contributed by atoms with E-state index in [1.54, 1.807) is 6.07 Å². The first-order valence-corrected chi connectivity index (χ1v) is 7.31. The van der Waals surface area contributed by atoms with Gasteiger partial charge in [-0.25, -0.2) is 0 Å². The number of rotatable bonds is 5. The lowest BCUT2D eigenvalue weighted by molar-refractivity contribution is 1.08. The fraction of sp³-hybridized carbons (Fsp3) is 0.250. The van der Waals surface area contributed by atoms with Crippen LogP contribution in [0.1, 0.15) is 11.1 Å². The van der Waals surface area contributed by atoms with Crippen molar-refractivity contribution >= 4 is 34.6 Å². The number of nitrogens with one attached hydrogen (secondary N) is 2. The number of aryl methyl sites for hydroxylation is 2. The summed E-state index contributed by atoms with van der Waals surface area (Å²) >= 11 is 11.8. The molecule has 0 spiro atoms. The standard InChI is InChI=1S/C16H18Cl2N2/c1-11-7-12(2)9-14(8-11)20-6-5-19-13-3-4-15(17)16(18)10-13/h3-4,7-10,19-20H,5-6H2,1-2H3. The molecule has 0 bridgehead atoms. The molecule has 20 heavy (non-hydrogen) atoms. The summed E-state index contributed by atoms with van der Waals surface area (Å²) in [7, 11) is 0. The van der Waals surface area contributed by atoms with Crippen LogP contribution < -0.4 is 10.6 Å². The van der Waals surface area contributed by atoms with Crippen LogP contribution in [0.5, 0.6) is 0 Å². The van der Waals surface area contributed by atoms with Gasteiger partial charge in [-0.1, -0.05) is 29.3 Å². The fourth-order valence-electron chi connectivity index (χ4n) is 2.10. The summed E-state index contributed by atoms with van der Waals surface area (Å²) in [5, 5.41) is 7.85. The maximum Gasteiger partial charge on any atom is 0.0612 e. The minimum atomic E-state index is 0.568. The van der Waals surface area contributed by atoms with E-state index in [0.717, 1.165) is 24.5 Å². The Morgan fingerprint density at radius 1 is 0.750 bits per heavy atom. The molecule has 4 heteroatoms. The predicted molar refractivity (Wildman–Crippen MR) is 89.4 cm³/mol. The summed E-state index contributed by atoms with van der Waals surface area (Å²) in [5.74, 6) is 0. The van der Waals surface area contributed by atoms with Crippen molar-refractivity contribution in [3.05, 3.63) is 57.6 Å². The summed E-state index contributed by atoms with van der Waals surface area (Å²) in [6, 6.07) is 12.0. The molecule has 0 aliphatic heterocycles. The van der Waals surface area contributed by atoms with E-state index in [0.29, 0.717) is 10.0 Å². The predicted octanol–water partition coefficient (Wildman–Crippen LogP) is 5.13.